The highest BCUT2D eigenvalue weighted by Crippen LogP contribution is 2.24. The van der Waals surface area contributed by atoms with Gasteiger partial charge in [-0.25, -0.2) is 14.3 Å². The van der Waals surface area contributed by atoms with Crippen LogP contribution in [0.2, 0.25) is 0 Å². The molecule has 0 aliphatic heterocycles. The number of aryl methyl sites for hydroxylation is 1. The minimum Gasteiger partial charge on any atom is -0.462 e. The highest BCUT2D eigenvalue weighted by molar-refractivity contribution is 5.96. The van der Waals surface area contributed by atoms with Gasteiger partial charge in [-0.1, -0.05) is 12.1 Å². The molecule has 12 nitrogen and oxygen atoms in total. The quantitative estimate of drug-likeness (QED) is 0.238. The fourth-order valence-corrected chi connectivity index (χ4v) is 3.49. The van der Waals surface area contributed by atoms with Gasteiger partial charge in [-0.2, -0.15) is 10.2 Å². The summed E-state index contributed by atoms with van der Waals surface area (Å²) in [6.07, 6.45) is 4.25. The summed E-state index contributed by atoms with van der Waals surface area (Å²) in [6, 6.07) is 8.92. The maximum absolute atomic E-state index is 12.5. The third-order valence-electron chi connectivity index (χ3n) is 5.16. The summed E-state index contributed by atoms with van der Waals surface area (Å²) in [5.74, 6) is -0.765. The molecule has 0 bridgehead atoms. The molecule has 1 N–H and O–H groups in total. The Labute approximate surface area is 193 Å². The molecule has 1 aromatic carbocycles. The number of esters is 1. The van der Waals surface area contributed by atoms with Crippen LogP contribution in [-0.2, 0) is 16.1 Å². The average molecular weight is 463 g/mol. The van der Waals surface area contributed by atoms with Gasteiger partial charge in [-0.15, -0.1) is 0 Å². The zero-order valence-electron chi connectivity index (χ0n) is 18.5. The van der Waals surface area contributed by atoms with Crippen molar-refractivity contribution in [1.82, 2.24) is 24.4 Å². The number of nitrogens with one attached hydrogen (secondary N) is 1. The Kier molecular flexibility index (Phi) is 6.30. The number of aromatic nitrogens is 5. The number of anilines is 1. The molecule has 0 saturated carbocycles. The van der Waals surface area contributed by atoms with Gasteiger partial charge >= 0.3 is 11.7 Å². The largest absolute Gasteiger partial charge is 0.462 e. The van der Waals surface area contributed by atoms with Crippen LogP contribution in [-0.4, -0.2) is 47.8 Å². The smallest absolute Gasteiger partial charge is 0.343 e. The third kappa shape index (κ3) is 4.46. The molecule has 4 rings (SSSR count). The zero-order valence-corrected chi connectivity index (χ0v) is 18.5. The van der Waals surface area contributed by atoms with E-state index in [1.165, 1.54) is 17.1 Å². The summed E-state index contributed by atoms with van der Waals surface area (Å²) in [6.45, 7) is 3.77. The number of carbonyl (C=O) groups excluding carboxylic acids is 2. The van der Waals surface area contributed by atoms with Gasteiger partial charge in [0.2, 0.25) is 5.91 Å². The number of rotatable bonds is 8. The summed E-state index contributed by atoms with van der Waals surface area (Å²) < 4.78 is 8.03. The Hall–Kier alpha value is -4.61. The molecule has 1 amide bonds. The van der Waals surface area contributed by atoms with Crippen LogP contribution in [0, 0.1) is 17.0 Å². The van der Waals surface area contributed by atoms with E-state index in [0.717, 1.165) is 5.56 Å². The number of amides is 1. The van der Waals surface area contributed by atoms with E-state index >= 15 is 0 Å². The lowest BCUT2D eigenvalue weighted by Gasteiger charge is -2.09. The monoisotopic (exact) mass is 463 g/mol. The van der Waals surface area contributed by atoms with Crippen molar-refractivity contribution in [2.24, 2.45) is 0 Å². The number of nitrogens with zero attached hydrogens (tertiary/aromatic N) is 6. The van der Waals surface area contributed by atoms with Crippen LogP contribution in [0.15, 0.2) is 48.9 Å². The second kappa shape index (κ2) is 9.48. The fourth-order valence-electron chi connectivity index (χ4n) is 3.49. The average Bonchev–Trinajstić information content (AvgIpc) is 3.41. The molecule has 3 heterocycles. The van der Waals surface area contributed by atoms with Gasteiger partial charge in [0, 0.05) is 23.9 Å². The van der Waals surface area contributed by atoms with Crippen LogP contribution in [0.1, 0.15) is 29.4 Å². The first-order valence-corrected chi connectivity index (χ1v) is 10.5. The number of benzene rings is 1. The topological polar surface area (TPSA) is 147 Å². The molecule has 34 heavy (non-hydrogen) atoms. The van der Waals surface area contributed by atoms with Crippen molar-refractivity contribution >= 4 is 28.9 Å². The Bertz CT molecular complexity index is 1390. The van der Waals surface area contributed by atoms with Crippen LogP contribution in [0.3, 0.4) is 0 Å². The first-order valence-electron chi connectivity index (χ1n) is 10.5. The van der Waals surface area contributed by atoms with Gasteiger partial charge in [-0.05, 0) is 32.0 Å². The fraction of sp³-hybridized carbons (Fsp3) is 0.227. The molecule has 0 radical (unpaired) electrons. The summed E-state index contributed by atoms with van der Waals surface area (Å²) in [5.41, 5.74) is 2.94. The van der Waals surface area contributed by atoms with E-state index in [1.54, 1.807) is 48.8 Å². The Morgan fingerprint density at radius 1 is 1.21 bits per heavy atom. The van der Waals surface area contributed by atoms with E-state index in [4.69, 9.17) is 4.74 Å². The summed E-state index contributed by atoms with van der Waals surface area (Å²) in [5, 5.41) is 22.0. The molecule has 0 saturated heterocycles. The highest BCUT2D eigenvalue weighted by Gasteiger charge is 2.18. The molecule has 0 fully saturated rings. The number of ether oxygens (including phenoxy) is 1. The molecule has 0 unspecified atom stereocenters. The minimum atomic E-state index is -0.504. The molecule has 0 aliphatic rings. The molecule has 0 atom stereocenters. The second-order valence-corrected chi connectivity index (χ2v) is 7.32. The molecular weight excluding hydrogens is 442 g/mol. The predicted octanol–water partition coefficient (Wildman–Crippen LogP) is 3.01. The lowest BCUT2D eigenvalue weighted by atomic mass is 10.1. The summed E-state index contributed by atoms with van der Waals surface area (Å²) >= 11 is 0. The molecule has 0 spiro atoms. The van der Waals surface area contributed by atoms with Crippen molar-refractivity contribution in [1.29, 1.82) is 0 Å². The minimum absolute atomic E-state index is 0.0819. The van der Waals surface area contributed by atoms with Crippen molar-refractivity contribution in [3.8, 4) is 11.3 Å². The van der Waals surface area contributed by atoms with Crippen LogP contribution in [0.25, 0.3) is 16.9 Å². The SMILES string of the molecule is CCOC(=O)c1cnn2c(-c3cccc(NC(=O)CCn4ncc([N+](=O)[O-])c4C)c3)ccnc12. The molecule has 3 aromatic heterocycles. The maximum atomic E-state index is 12.5. The first-order chi connectivity index (χ1) is 16.4. The van der Waals surface area contributed by atoms with E-state index in [1.807, 2.05) is 6.07 Å². The van der Waals surface area contributed by atoms with Gasteiger partial charge in [0.05, 0.1) is 30.0 Å². The lowest BCUT2D eigenvalue weighted by molar-refractivity contribution is -0.385. The number of hydrogen-bond donors (Lipinski definition) is 1. The van der Waals surface area contributed by atoms with Crippen LogP contribution in [0.5, 0.6) is 0 Å². The van der Waals surface area contributed by atoms with E-state index in [-0.39, 0.29) is 36.7 Å². The van der Waals surface area contributed by atoms with Crippen LogP contribution >= 0.6 is 0 Å². The molecule has 12 heteroatoms. The van der Waals surface area contributed by atoms with Crippen molar-refractivity contribution in [3.63, 3.8) is 0 Å². The highest BCUT2D eigenvalue weighted by atomic mass is 16.6. The Balaban J connectivity index is 1.50. The molecule has 4 aromatic rings. The van der Waals surface area contributed by atoms with Gasteiger partial charge in [-0.3, -0.25) is 19.6 Å². The first kappa shape index (κ1) is 22.6. The van der Waals surface area contributed by atoms with Crippen LogP contribution in [0.4, 0.5) is 11.4 Å². The van der Waals surface area contributed by atoms with E-state index in [0.29, 0.717) is 22.7 Å². The van der Waals surface area contributed by atoms with Gasteiger partial charge in [0.25, 0.3) is 0 Å². The predicted molar refractivity (Wildman–Crippen MR) is 121 cm³/mol. The number of fused-ring (bicyclic) bond motifs is 1. The Morgan fingerprint density at radius 3 is 2.76 bits per heavy atom. The number of hydrogen-bond acceptors (Lipinski definition) is 8. The number of carbonyl (C=O) groups is 2. The Morgan fingerprint density at radius 2 is 2.03 bits per heavy atom. The second-order valence-electron chi connectivity index (χ2n) is 7.32. The van der Waals surface area contributed by atoms with Gasteiger partial charge < -0.3 is 10.1 Å². The molecule has 0 aliphatic carbocycles. The molecular formula is C22H21N7O5. The van der Waals surface area contributed by atoms with E-state index < -0.39 is 10.9 Å². The summed E-state index contributed by atoms with van der Waals surface area (Å²) in [4.78, 5) is 39.3. The van der Waals surface area contributed by atoms with Crippen molar-refractivity contribution in [2.45, 2.75) is 26.8 Å². The molecule has 174 valence electrons. The summed E-state index contributed by atoms with van der Waals surface area (Å²) in [7, 11) is 0. The van der Waals surface area contributed by atoms with Crippen molar-refractivity contribution < 1.29 is 19.2 Å². The number of nitro groups is 1. The zero-order chi connectivity index (χ0) is 24.2. The normalized spacial score (nSPS) is 10.9. The van der Waals surface area contributed by atoms with E-state index in [2.05, 4.69) is 20.5 Å². The van der Waals surface area contributed by atoms with Crippen LogP contribution < -0.4 is 5.32 Å². The standard InChI is InChI=1S/C22H21N7O5/c1-3-34-22(31)17-12-25-28-18(7-9-23-21(17)28)15-5-4-6-16(11-15)26-20(30)8-10-27-14(2)19(13-24-27)29(32)33/h4-7,9,11-13H,3,8,10H2,1-2H3,(H,26,30). The van der Waals surface area contributed by atoms with E-state index in [9.17, 15) is 19.7 Å². The maximum Gasteiger partial charge on any atom is 0.343 e. The van der Waals surface area contributed by atoms with Gasteiger partial charge in [0.15, 0.2) is 5.65 Å². The van der Waals surface area contributed by atoms with Crippen molar-refractivity contribution in [2.75, 3.05) is 11.9 Å². The van der Waals surface area contributed by atoms with Gasteiger partial charge in [0.1, 0.15) is 17.5 Å². The lowest BCUT2D eigenvalue weighted by Crippen LogP contribution is -2.15. The third-order valence-corrected chi connectivity index (χ3v) is 5.16. The van der Waals surface area contributed by atoms with Crippen molar-refractivity contribution in [3.05, 3.63) is 70.3 Å².